The van der Waals surface area contributed by atoms with Gasteiger partial charge >= 0.3 is 0 Å². The first kappa shape index (κ1) is 14.0. The lowest BCUT2D eigenvalue weighted by atomic mass is 9.94. The number of halogens is 2. The smallest absolute Gasteiger partial charge is 0.264 e. The van der Waals surface area contributed by atoms with Gasteiger partial charge in [-0.15, -0.1) is 0 Å². The van der Waals surface area contributed by atoms with Gasteiger partial charge in [-0.1, -0.05) is 0 Å². The number of benzene rings is 1. The van der Waals surface area contributed by atoms with Crippen molar-refractivity contribution in [2.75, 3.05) is 18.0 Å². The minimum absolute atomic E-state index is 0.0767. The van der Waals surface area contributed by atoms with Crippen LogP contribution in [-0.2, 0) is 13.5 Å². The van der Waals surface area contributed by atoms with Crippen LogP contribution in [0.5, 0.6) is 0 Å². The Bertz CT molecular complexity index is 649. The van der Waals surface area contributed by atoms with Crippen LogP contribution in [-0.4, -0.2) is 22.9 Å². The summed E-state index contributed by atoms with van der Waals surface area (Å²) >= 11 is 0. The molecule has 21 heavy (non-hydrogen) atoms. The summed E-state index contributed by atoms with van der Waals surface area (Å²) in [6.07, 6.45) is 1.29. The van der Waals surface area contributed by atoms with Gasteiger partial charge in [-0.2, -0.15) is 5.10 Å². The van der Waals surface area contributed by atoms with Crippen molar-refractivity contribution >= 4 is 5.69 Å². The maximum atomic E-state index is 13.5. The van der Waals surface area contributed by atoms with E-state index in [1.807, 2.05) is 6.07 Å². The highest BCUT2D eigenvalue weighted by molar-refractivity contribution is 5.71. The number of fused-ring (bicyclic) bond motifs is 1. The van der Waals surface area contributed by atoms with E-state index in [0.29, 0.717) is 11.3 Å². The van der Waals surface area contributed by atoms with E-state index in [0.717, 1.165) is 37.2 Å². The molecule has 3 rings (SSSR count). The number of anilines is 1. The van der Waals surface area contributed by atoms with E-state index in [1.165, 1.54) is 0 Å². The van der Waals surface area contributed by atoms with Gasteiger partial charge in [0.1, 0.15) is 0 Å². The Morgan fingerprint density at radius 1 is 1.33 bits per heavy atom. The molecule has 1 aromatic carbocycles. The zero-order valence-electron chi connectivity index (χ0n) is 12.3. The molecule has 2 heterocycles. The van der Waals surface area contributed by atoms with Gasteiger partial charge in [-0.3, -0.25) is 4.68 Å². The molecule has 1 aromatic heterocycles. The van der Waals surface area contributed by atoms with Crippen LogP contribution in [0.15, 0.2) is 24.4 Å². The fraction of sp³-hybridized carbons (Fsp3) is 0.438. The van der Waals surface area contributed by atoms with Crippen molar-refractivity contribution in [3.05, 3.63) is 35.5 Å². The topological polar surface area (TPSA) is 21.1 Å². The van der Waals surface area contributed by atoms with E-state index in [1.54, 1.807) is 30.1 Å². The number of aromatic nitrogens is 2. The third-order valence-corrected chi connectivity index (χ3v) is 4.07. The molecule has 0 saturated heterocycles. The standard InChI is InChI=1S/C16H19F2N3/c1-3-21-7-4-5-11-9-12(14-6-8-20(2)19-14)13(16(17)18)10-15(11)21/h6,8-10,16H,3-5,7H2,1-2H3. The molecule has 5 heteroatoms. The van der Waals surface area contributed by atoms with Gasteiger partial charge in [0.25, 0.3) is 6.43 Å². The van der Waals surface area contributed by atoms with Crippen molar-refractivity contribution in [2.24, 2.45) is 7.05 Å². The van der Waals surface area contributed by atoms with Gasteiger partial charge in [-0.05, 0) is 43.5 Å². The second kappa shape index (κ2) is 5.47. The molecule has 1 aliphatic rings. The van der Waals surface area contributed by atoms with Crippen LogP contribution in [0.3, 0.4) is 0 Å². The largest absolute Gasteiger partial charge is 0.372 e. The number of hydrogen-bond acceptors (Lipinski definition) is 2. The Morgan fingerprint density at radius 2 is 2.14 bits per heavy atom. The van der Waals surface area contributed by atoms with Crippen LogP contribution < -0.4 is 4.90 Å². The molecule has 2 aromatic rings. The maximum Gasteiger partial charge on any atom is 0.264 e. The summed E-state index contributed by atoms with van der Waals surface area (Å²) in [5, 5.41) is 4.28. The monoisotopic (exact) mass is 291 g/mol. The SMILES string of the molecule is CCN1CCCc2cc(-c3ccn(C)n3)c(C(F)F)cc21. The summed E-state index contributed by atoms with van der Waals surface area (Å²) in [7, 11) is 1.79. The molecular weight excluding hydrogens is 272 g/mol. The van der Waals surface area contributed by atoms with Gasteiger partial charge in [0.05, 0.1) is 5.69 Å². The number of alkyl halides is 2. The van der Waals surface area contributed by atoms with E-state index in [-0.39, 0.29) is 5.56 Å². The highest BCUT2D eigenvalue weighted by atomic mass is 19.3. The number of rotatable bonds is 3. The summed E-state index contributed by atoms with van der Waals surface area (Å²) in [4.78, 5) is 2.17. The fourth-order valence-electron chi connectivity index (χ4n) is 3.01. The average molecular weight is 291 g/mol. The molecule has 0 bridgehead atoms. The summed E-state index contributed by atoms with van der Waals surface area (Å²) in [6, 6.07) is 5.35. The van der Waals surface area contributed by atoms with Crippen LogP contribution in [0.1, 0.15) is 30.9 Å². The van der Waals surface area contributed by atoms with Crippen LogP contribution in [0.25, 0.3) is 11.3 Å². The highest BCUT2D eigenvalue weighted by Gasteiger charge is 2.23. The zero-order chi connectivity index (χ0) is 15.0. The Hall–Kier alpha value is -1.91. The Balaban J connectivity index is 2.16. The lowest BCUT2D eigenvalue weighted by molar-refractivity contribution is 0.152. The fourth-order valence-corrected chi connectivity index (χ4v) is 3.01. The summed E-state index contributed by atoms with van der Waals surface area (Å²) < 4.78 is 28.6. The summed E-state index contributed by atoms with van der Waals surface area (Å²) in [6.45, 7) is 3.84. The van der Waals surface area contributed by atoms with Crippen LogP contribution in [0.2, 0.25) is 0 Å². The summed E-state index contributed by atoms with van der Waals surface area (Å²) in [5.41, 5.74) is 3.35. The molecule has 0 amide bonds. The first-order valence-electron chi connectivity index (χ1n) is 7.30. The predicted octanol–water partition coefficient (Wildman–Crippen LogP) is 3.80. The Labute approximate surface area is 123 Å². The number of hydrogen-bond donors (Lipinski definition) is 0. The molecule has 1 aliphatic heterocycles. The molecule has 0 aliphatic carbocycles. The summed E-state index contributed by atoms with van der Waals surface area (Å²) in [5.74, 6) is 0. The van der Waals surface area contributed by atoms with Crippen LogP contribution in [0, 0.1) is 0 Å². The normalized spacial score (nSPS) is 14.6. The number of nitrogens with zero attached hydrogens (tertiary/aromatic N) is 3. The second-order valence-electron chi connectivity index (χ2n) is 5.43. The Kier molecular flexibility index (Phi) is 3.66. The van der Waals surface area contributed by atoms with Crippen LogP contribution in [0.4, 0.5) is 14.5 Å². The molecule has 0 spiro atoms. The van der Waals surface area contributed by atoms with E-state index in [9.17, 15) is 8.78 Å². The quantitative estimate of drug-likeness (QED) is 0.857. The maximum absolute atomic E-state index is 13.5. The zero-order valence-corrected chi connectivity index (χ0v) is 12.3. The van der Waals surface area contributed by atoms with Crippen molar-refractivity contribution in [3.8, 4) is 11.3 Å². The van der Waals surface area contributed by atoms with Gasteiger partial charge in [0.15, 0.2) is 0 Å². The van der Waals surface area contributed by atoms with E-state index in [4.69, 9.17) is 0 Å². The lowest BCUT2D eigenvalue weighted by Gasteiger charge is -2.31. The predicted molar refractivity (Wildman–Crippen MR) is 79.8 cm³/mol. The molecule has 3 nitrogen and oxygen atoms in total. The molecule has 112 valence electrons. The van der Waals surface area contributed by atoms with Crippen molar-refractivity contribution < 1.29 is 8.78 Å². The molecule has 0 N–H and O–H groups in total. The molecule has 0 unspecified atom stereocenters. The van der Waals surface area contributed by atoms with Gasteiger partial charge in [0, 0.05) is 43.1 Å². The van der Waals surface area contributed by atoms with E-state index in [2.05, 4.69) is 16.9 Å². The Morgan fingerprint density at radius 3 is 2.76 bits per heavy atom. The molecule has 0 radical (unpaired) electrons. The minimum Gasteiger partial charge on any atom is -0.372 e. The van der Waals surface area contributed by atoms with E-state index >= 15 is 0 Å². The van der Waals surface area contributed by atoms with Crippen LogP contribution >= 0.6 is 0 Å². The van der Waals surface area contributed by atoms with Gasteiger partial charge in [-0.25, -0.2) is 8.78 Å². The van der Waals surface area contributed by atoms with Gasteiger partial charge < -0.3 is 4.90 Å². The first-order chi connectivity index (χ1) is 10.1. The van der Waals surface area contributed by atoms with Gasteiger partial charge in [0.2, 0.25) is 0 Å². The number of aryl methyl sites for hydroxylation is 2. The molecule has 0 atom stereocenters. The molecule has 0 fully saturated rings. The second-order valence-corrected chi connectivity index (χ2v) is 5.43. The minimum atomic E-state index is -2.49. The van der Waals surface area contributed by atoms with Crippen molar-refractivity contribution in [3.63, 3.8) is 0 Å². The van der Waals surface area contributed by atoms with Crippen molar-refractivity contribution in [1.82, 2.24) is 9.78 Å². The molecular formula is C16H19F2N3. The average Bonchev–Trinajstić information content (AvgIpc) is 2.91. The third kappa shape index (κ3) is 2.52. The van der Waals surface area contributed by atoms with Crippen molar-refractivity contribution in [2.45, 2.75) is 26.2 Å². The molecule has 0 saturated carbocycles. The third-order valence-electron chi connectivity index (χ3n) is 4.07. The lowest BCUT2D eigenvalue weighted by Crippen LogP contribution is -2.29. The van der Waals surface area contributed by atoms with Crippen molar-refractivity contribution in [1.29, 1.82) is 0 Å². The highest BCUT2D eigenvalue weighted by Crippen LogP contribution is 2.38. The first-order valence-corrected chi connectivity index (χ1v) is 7.30. The van der Waals surface area contributed by atoms with E-state index < -0.39 is 6.43 Å².